The van der Waals surface area contributed by atoms with E-state index >= 15 is 0 Å². The van der Waals surface area contributed by atoms with E-state index < -0.39 is 16.6 Å². The predicted molar refractivity (Wildman–Crippen MR) is 198 cm³/mol. The highest BCUT2D eigenvalue weighted by Crippen LogP contribution is 2.40. The van der Waals surface area contributed by atoms with E-state index in [0.717, 1.165) is 38.7 Å². The summed E-state index contributed by atoms with van der Waals surface area (Å²) in [5.41, 5.74) is 0. The molecule has 0 aromatic carbocycles. The third kappa shape index (κ3) is 16.9. The Labute approximate surface area is 278 Å². The molecule has 0 unspecified atom stereocenters. The molecule has 1 aliphatic rings. The van der Waals surface area contributed by atoms with Crippen molar-refractivity contribution in [3.05, 3.63) is 0 Å². The smallest absolute Gasteiger partial charge is 0.192 e. The Balaban J connectivity index is 2.38. The summed E-state index contributed by atoms with van der Waals surface area (Å²) in [6.07, 6.45) is 24.7. The van der Waals surface area contributed by atoms with E-state index in [-0.39, 0.29) is 29.5 Å². The number of aliphatic hydroxyl groups is 1. The first-order valence-electron chi connectivity index (χ1n) is 19.2. The standard InChI is InChI=1S/C38H80O4Si2/c1-12-13-14-15-16-17-18-19-23-26-29-36(42-44(10,11)38(5,6)7)35-31-30-34(41-35)33(39)28-25-22-20-21-24-27-32-40-43(8,9)37(2,3)4/h33-36,39H,12-32H2,1-11H3/t33-,34-,35-,36-/m0/s1. The zero-order chi connectivity index (χ0) is 33.3. The molecule has 1 fully saturated rings. The molecule has 1 heterocycles. The summed E-state index contributed by atoms with van der Waals surface area (Å²) < 4.78 is 19.9. The van der Waals surface area contributed by atoms with Crippen LogP contribution in [0.25, 0.3) is 0 Å². The fourth-order valence-corrected chi connectivity index (χ4v) is 8.31. The van der Waals surface area contributed by atoms with E-state index in [1.165, 1.54) is 96.3 Å². The molecule has 1 N–H and O–H groups in total. The van der Waals surface area contributed by atoms with Gasteiger partial charge in [0.15, 0.2) is 16.6 Å². The van der Waals surface area contributed by atoms with Gasteiger partial charge in [0.25, 0.3) is 0 Å². The maximum Gasteiger partial charge on any atom is 0.192 e. The highest BCUT2D eigenvalue weighted by Gasteiger charge is 2.43. The van der Waals surface area contributed by atoms with E-state index in [1.807, 2.05) is 0 Å². The molecule has 1 saturated heterocycles. The van der Waals surface area contributed by atoms with Crippen LogP contribution in [0.4, 0.5) is 0 Å². The van der Waals surface area contributed by atoms with Gasteiger partial charge in [-0.2, -0.15) is 0 Å². The predicted octanol–water partition coefficient (Wildman–Crippen LogP) is 12.3. The third-order valence-corrected chi connectivity index (χ3v) is 20.2. The molecule has 6 heteroatoms. The molecule has 0 aromatic heterocycles. The molecule has 0 radical (unpaired) electrons. The van der Waals surface area contributed by atoms with Gasteiger partial charge in [0.05, 0.1) is 24.4 Å². The minimum atomic E-state index is -1.89. The maximum atomic E-state index is 11.0. The Hall–Kier alpha value is 0.274. The molecule has 0 bridgehead atoms. The van der Waals surface area contributed by atoms with Gasteiger partial charge >= 0.3 is 0 Å². The summed E-state index contributed by atoms with van der Waals surface area (Å²) in [6.45, 7) is 26.6. The molecule has 0 aliphatic carbocycles. The summed E-state index contributed by atoms with van der Waals surface area (Å²) in [5, 5.41) is 11.5. The maximum absolute atomic E-state index is 11.0. The Bertz CT molecular complexity index is 713. The number of hydrogen-bond donors (Lipinski definition) is 1. The van der Waals surface area contributed by atoms with Gasteiger partial charge in [-0.05, 0) is 68.4 Å². The van der Waals surface area contributed by atoms with Crippen LogP contribution in [0.5, 0.6) is 0 Å². The van der Waals surface area contributed by atoms with Gasteiger partial charge < -0.3 is 18.7 Å². The number of unbranched alkanes of at least 4 members (excludes halogenated alkanes) is 14. The van der Waals surface area contributed by atoms with Crippen molar-refractivity contribution < 1.29 is 18.7 Å². The van der Waals surface area contributed by atoms with Crippen molar-refractivity contribution in [3.8, 4) is 0 Å². The number of hydrogen-bond acceptors (Lipinski definition) is 4. The lowest BCUT2D eigenvalue weighted by Crippen LogP contribution is -2.47. The first-order valence-corrected chi connectivity index (χ1v) is 25.0. The number of ether oxygens (including phenoxy) is 1. The zero-order valence-corrected chi connectivity index (χ0v) is 33.8. The molecule has 4 nitrogen and oxygen atoms in total. The van der Waals surface area contributed by atoms with E-state index in [4.69, 9.17) is 13.6 Å². The lowest BCUT2D eigenvalue weighted by atomic mass is 10.00. The monoisotopic (exact) mass is 657 g/mol. The van der Waals surface area contributed by atoms with Gasteiger partial charge in [-0.15, -0.1) is 0 Å². The van der Waals surface area contributed by atoms with Crippen LogP contribution in [0.2, 0.25) is 36.3 Å². The Morgan fingerprint density at radius 2 is 1.05 bits per heavy atom. The fraction of sp³-hybridized carbons (Fsp3) is 1.00. The second kappa shape index (κ2) is 21.3. The SMILES string of the molecule is CCCCCCCCCCCC[C@H](O[Si](C)(C)C(C)(C)C)[C@@H]1CC[C@@H]([C@@H](O)CCCCCCCCO[Si](C)(C)C(C)(C)C)O1. The van der Waals surface area contributed by atoms with E-state index in [2.05, 4.69) is 74.7 Å². The molecular formula is C38H80O4Si2. The lowest BCUT2D eigenvalue weighted by Gasteiger charge is -2.41. The quantitative estimate of drug-likeness (QED) is 0.0784. The Morgan fingerprint density at radius 3 is 1.55 bits per heavy atom. The molecule has 44 heavy (non-hydrogen) atoms. The summed E-state index contributed by atoms with van der Waals surface area (Å²) >= 11 is 0. The minimum absolute atomic E-state index is 0.0225. The van der Waals surface area contributed by atoms with Crippen LogP contribution >= 0.6 is 0 Å². The van der Waals surface area contributed by atoms with Crippen LogP contribution in [-0.4, -0.2) is 52.8 Å². The van der Waals surface area contributed by atoms with Crippen molar-refractivity contribution in [1.82, 2.24) is 0 Å². The Kier molecular flexibility index (Phi) is 20.5. The Morgan fingerprint density at radius 1 is 0.614 bits per heavy atom. The lowest BCUT2D eigenvalue weighted by molar-refractivity contribution is -0.0751. The first-order chi connectivity index (χ1) is 20.5. The number of rotatable bonds is 25. The molecule has 0 saturated carbocycles. The second-order valence-corrected chi connectivity index (χ2v) is 26.8. The minimum Gasteiger partial charge on any atom is -0.417 e. The highest BCUT2D eigenvalue weighted by molar-refractivity contribution is 6.74. The van der Waals surface area contributed by atoms with Crippen molar-refractivity contribution >= 4 is 16.6 Å². The van der Waals surface area contributed by atoms with Crippen molar-refractivity contribution in [2.45, 2.75) is 238 Å². The van der Waals surface area contributed by atoms with Crippen LogP contribution in [-0.2, 0) is 13.6 Å². The van der Waals surface area contributed by atoms with Crippen LogP contribution < -0.4 is 0 Å². The normalized spacial score (nSPS) is 19.9. The fourth-order valence-electron chi connectivity index (χ4n) is 5.85. The van der Waals surface area contributed by atoms with Gasteiger partial charge in [-0.3, -0.25) is 0 Å². The van der Waals surface area contributed by atoms with Crippen LogP contribution in [0, 0.1) is 0 Å². The van der Waals surface area contributed by atoms with E-state index in [1.54, 1.807) is 0 Å². The molecule has 0 aromatic rings. The van der Waals surface area contributed by atoms with Gasteiger partial charge in [-0.25, -0.2) is 0 Å². The first kappa shape index (κ1) is 42.3. The summed E-state index contributed by atoms with van der Waals surface area (Å²) in [5.74, 6) is 0. The second-order valence-electron chi connectivity index (χ2n) is 17.3. The summed E-state index contributed by atoms with van der Waals surface area (Å²) in [6, 6.07) is 0. The van der Waals surface area contributed by atoms with Crippen molar-refractivity contribution in [1.29, 1.82) is 0 Å². The van der Waals surface area contributed by atoms with Gasteiger partial charge in [0, 0.05) is 6.61 Å². The largest absolute Gasteiger partial charge is 0.417 e. The summed E-state index contributed by atoms with van der Waals surface area (Å²) in [7, 11) is -3.50. The molecule has 1 rings (SSSR count). The van der Waals surface area contributed by atoms with Crippen LogP contribution in [0.15, 0.2) is 0 Å². The zero-order valence-electron chi connectivity index (χ0n) is 31.8. The molecule has 0 spiro atoms. The molecule has 4 atom stereocenters. The van der Waals surface area contributed by atoms with Gasteiger partial charge in [-0.1, -0.05) is 145 Å². The van der Waals surface area contributed by atoms with Crippen molar-refractivity contribution in [2.24, 2.45) is 0 Å². The number of aliphatic hydroxyl groups excluding tert-OH is 1. The van der Waals surface area contributed by atoms with Crippen molar-refractivity contribution in [2.75, 3.05) is 6.61 Å². The van der Waals surface area contributed by atoms with Gasteiger partial charge in [0.1, 0.15) is 0 Å². The van der Waals surface area contributed by atoms with Crippen LogP contribution in [0.1, 0.15) is 177 Å². The van der Waals surface area contributed by atoms with Crippen molar-refractivity contribution in [3.63, 3.8) is 0 Å². The van der Waals surface area contributed by atoms with Gasteiger partial charge in [0.2, 0.25) is 0 Å². The topological polar surface area (TPSA) is 47.9 Å². The highest BCUT2D eigenvalue weighted by atomic mass is 28.4. The molecule has 1 aliphatic heterocycles. The summed E-state index contributed by atoms with van der Waals surface area (Å²) in [4.78, 5) is 0. The average molecular weight is 657 g/mol. The van der Waals surface area contributed by atoms with E-state index in [9.17, 15) is 5.11 Å². The molecule has 264 valence electrons. The van der Waals surface area contributed by atoms with E-state index in [0.29, 0.717) is 5.04 Å². The third-order valence-electron chi connectivity index (χ3n) is 11.2. The molecular weight excluding hydrogens is 577 g/mol. The van der Waals surface area contributed by atoms with Crippen LogP contribution in [0.3, 0.4) is 0 Å². The molecule has 0 amide bonds. The average Bonchev–Trinajstić information content (AvgIpc) is 3.41.